The molecule has 0 aliphatic carbocycles. The molecule has 1 nitrogen and oxygen atoms in total. The van der Waals surface area contributed by atoms with Gasteiger partial charge in [0.15, 0.2) is 0 Å². The third-order valence-corrected chi connectivity index (χ3v) is 4.60. The first-order valence-corrected chi connectivity index (χ1v) is 8.62. The van der Waals surface area contributed by atoms with Gasteiger partial charge in [-0.05, 0) is 60.4 Å². The minimum absolute atomic E-state index is 0.358. The van der Waals surface area contributed by atoms with Gasteiger partial charge in [-0.1, -0.05) is 56.3 Å². The van der Waals surface area contributed by atoms with Crippen LogP contribution < -0.4 is 0 Å². The number of hydrogen-bond acceptors (Lipinski definition) is 1. The Morgan fingerprint density at radius 3 is 1.96 bits per heavy atom. The Morgan fingerprint density at radius 2 is 1.39 bits per heavy atom. The van der Waals surface area contributed by atoms with Gasteiger partial charge < -0.3 is 0 Å². The molecule has 0 saturated carbocycles. The summed E-state index contributed by atoms with van der Waals surface area (Å²) in [5.74, 6) is 0.916. The fourth-order valence-corrected chi connectivity index (χ4v) is 2.72. The van der Waals surface area contributed by atoms with Crippen molar-refractivity contribution in [1.29, 1.82) is 0 Å². The zero-order chi connectivity index (χ0) is 16.8. The molecule has 0 saturated heterocycles. The molecule has 0 atom stereocenters. The lowest BCUT2D eigenvalue weighted by atomic mass is 9.98. The molecule has 1 heteroatoms. The van der Waals surface area contributed by atoms with Crippen molar-refractivity contribution < 1.29 is 4.79 Å². The Balaban J connectivity index is 1.79. The van der Waals surface area contributed by atoms with Crippen LogP contribution in [-0.4, -0.2) is 5.78 Å². The van der Waals surface area contributed by atoms with Crippen molar-refractivity contribution in [2.24, 2.45) is 0 Å². The molecule has 0 heterocycles. The van der Waals surface area contributed by atoms with Gasteiger partial charge in [-0.3, -0.25) is 4.79 Å². The maximum Gasteiger partial charge on any atom is 0.133 e. The van der Waals surface area contributed by atoms with E-state index in [9.17, 15) is 4.79 Å². The number of carbonyl (C=O) groups excluding carboxylic acids is 1. The second-order valence-corrected chi connectivity index (χ2v) is 6.85. The third kappa shape index (κ3) is 5.35. The maximum atomic E-state index is 12.1. The first-order chi connectivity index (χ1) is 11.0. The highest BCUT2D eigenvalue weighted by Crippen LogP contribution is 2.16. The summed E-state index contributed by atoms with van der Waals surface area (Å²) in [5.41, 5.74) is 6.50. The average molecular weight is 308 g/mol. The van der Waals surface area contributed by atoms with Gasteiger partial charge in [-0.2, -0.15) is 0 Å². The van der Waals surface area contributed by atoms with E-state index in [2.05, 4.69) is 70.2 Å². The van der Waals surface area contributed by atoms with Crippen LogP contribution in [0.1, 0.15) is 60.4 Å². The van der Waals surface area contributed by atoms with E-state index in [4.69, 9.17) is 0 Å². The molecular weight excluding hydrogens is 280 g/mol. The molecule has 2 rings (SSSR count). The van der Waals surface area contributed by atoms with Crippen LogP contribution in [0.25, 0.3) is 0 Å². The van der Waals surface area contributed by atoms with Crippen LogP contribution in [-0.2, 0) is 17.6 Å². The summed E-state index contributed by atoms with van der Waals surface area (Å²) in [5, 5.41) is 0. The van der Waals surface area contributed by atoms with Gasteiger partial charge in [0, 0.05) is 12.8 Å². The monoisotopic (exact) mass is 308 g/mol. The van der Waals surface area contributed by atoms with Crippen molar-refractivity contribution >= 4 is 5.78 Å². The summed E-state index contributed by atoms with van der Waals surface area (Å²) in [4.78, 5) is 12.1. The molecule has 0 aromatic heterocycles. The summed E-state index contributed by atoms with van der Waals surface area (Å²) in [7, 11) is 0. The van der Waals surface area contributed by atoms with Gasteiger partial charge in [-0.15, -0.1) is 0 Å². The highest BCUT2D eigenvalue weighted by atomic mass is 16.1. The van der Waals surface area contributed by atoms with Crippen molar-refractivity contribution in [3.63, 3.8) is 0 Å². The number of benzene rings is 2. The second kappa shape index (κ2) is 8.10. The zero-order valence-corrected chi connectivity index (χ0v) is 14.9. The predicted octanol–water partition coefficient (Wildman–Crippen LogP) is 5.56. The predicted molar refractivity (Wildman–Crippen MR) is 98.1 cm³/mol. The van der Waals surface area contributed by atoms with E-state index >= 15 is 0 Å². The van der Waals surface area contributed by atoms with Crippen molar-refractivity contribution in [2.75, 3.05) is 0 Å². The van der Waals surface area contributed by atoms with Crippen LogP contribution in [0.5, 0.6) is 0 Å². The van der Waals surface area contributed by atoms with Crippen LogP contribution in [0.4, 0.5) is 0 Å². The topological polar surface area (TPSA) is 17.1 Å². The molecular formula is C22H28O. The maximum absolute atomic E-state index is 12.1. The highest BCUT2D eigenvalue weighted by Gasteiger charge is 2.05. The average Bonchev–Trinajstić information content (AvgIpc) is 2.54. The minimum Gasteiger partial charge on any atom is -0.300 e. The lowest BCUT2D eigenvalue weighted by Crippen LogP contribution is -2.02. The lowest BCUT2D eigenvalue weighted by Gasteiger charge is -2.07. The molecule has 0 aliphatic heterocycles. The van der Waals surface area contributed by atoms with E-state index in [1.54, 1.807) is 0 Å². The fraction of sp³-hybridized carbons (Fsp3) is 0.409. The van der Waals surface area contributed by atoms with Crippen LogP contribution in [0.2, 0.25) is 0 Å². The third-order valence-electron chi connectivity index (χ3n) is 4.60. The number of carbonyl (C=O) groups is 1. The summed E-state index contributed by atoms with van der Waals surface area (Å²) < 4.78 is 0. The molecule has 0 spiro atoms. The number of hydrogen-bond donors (Lipinski definition) is 0. The molecule has 0 unspecified atom stereocenters. The molecule has 0 fully saturated rings. The number of rotatable bonds is 7. The van der Waals surface area contributed by atoms with Crippen LogP contribution in [0, 0.1) is 13.8 Å². The van der Waals surface area contributed by atoms with Gasteiger partial charge in [0.2, 0.25) is 0 Å². The second-order valence-electron chi connectivity index (χ2n) is 6.85. The zero-order valence-electron chi connectivity index (χ0n) is 14.9. The standard InChI is InChI=1S/C22H28O/c1-16(2)21-11-7-19(8-12-21)9-13-22(23)14-10-20-6-5-17(3)18(4)15-20/h5-8,11-12,15-16H,9-10,13-14H2,1-4H3. The molecule has 23 heavy (non-hydrogen) atoms. The Morgan fingerprint density at radius 1 is 0.826 bits per heavy atom. The first kappa shape index (κ1) is 17.5. The van der Waals surface area contributed by atoms with E-state index < -0.39 is 0 Å². The lowest BCUT2D eigenvalue weighted by molar-refractivity contribution is -0.119. The van der Waals surface area contributed by atoms with E-state index in [1.165, 1.54) is 27.8 Å². The fourth-order valence-electron chi connectivity index (χ4n) is 2.72. The van der Waals surface area contributed by atoms with Gasteiger partial charge >= 0.3 is 0 Å². The summed E-state index contributed by atoms with van der Waals surface area (Å²) in [6, 6.07) is 15.2. The van der Waals surface area contributed by atoms with Gasteiger partial charge in [0.05, 0.1) is 0 Å². The molecule has 0 aliphatic rings. The van der Waals surface area contributed by atoms with E-state index in [1.807, 2.05) is 0 Å². The highest BCUT2D eigenvalue weighted by molar-refractivity contribution is 5.78. The number of Topliss-reactive ketones (excluding diaryl/α,β-unsaturated/α-hetero) is 1. The molecule has 0 N–H and O–H groups in total. The van der Waals surface area contributed by atoms with Crippen LogP contribution in [0.3, 0.4) is 0 Å². The first-order valence-electron chi connectivity index (χ1n) is 8.62. The van der Waals surface area contributed by atoms with Crippen LogP contribution in [0.15, 0.2) is 42.5 Å². The van der Waals surface area contributed by atoms with E-state index in [-0.39, 0.29) is 0 Å². The van der Waals surface area contributed by atoms with E-state index in [0.29, 0.717) is 24.5 Å². The summed E-state index contributed by atoms with van der Waals surface area (Å²) >= 11 is 0. The quantitative estimate of drug-likeness (QED) is 0.654. The van der Waals surface area contributed by atoms with Gasteiger partial charge in [-0.25, -0.2) is 0 Å². The smallest absolute Gasteiger partial charge is 0.133 e. The summed E-state index contributed by atoms with van der Waals surface area (Å²) in [6.07, 6.45) is 2.99. The van der Waals surface area contributed by atoms with Crippen molar-refractivity contribution in [1.82, 2.24) is 0 Å². The van der Waals surface area contributed by atoms with Crippen molar-refractivity contribution in [3.8, 4) is 0 Å². The molecule has 0 radical (unpaired) electrons. The Hall–Kier alpha value is -1.89. The number of aryl methyl sites for hydroxylation is 4. The largest absolute Gasteiger partial charge is 0.300 e. The number of ketones is 1. The SMILES string of the molecule is Cc1ccc(CCC(=O)CCc2ccc(C(C)C)cc2)cc1C. The van der Waals surface area contributed by atoms with Crippen molar-refractivity contribution in [2.45, 2.75) is 59.3 Å². The summed E-state index contributed by atoms with van der Waals surface area (Å²) in [6.45, 7) is 8.65. The van der Waals surface area contributed by atoms with Crippen LogP contribution >= 0.6 is 0 Å². The van der Waals surface area contributed by atoms with Gasteiger partial charge in [0.1, 0.15) is 5.78 Å². The molecule has 0 bridgehead atoms. The van der Waals surface area contributed by atoms with E-state index in [0.717, 1.165) is 12.8 Å². The molecule has 2 aromatic carbocycles. The minimum atomic E-state index is 0.358. The Bertz CT molecular complexity index is 650. The molecule has 2 aromatic rings. The Kier molecular flexibility index (Phi) is 6.15. The van der Waals surface area contributed by atoms with Crippen molar-refractivity contribution in [3.05, 3.63) is 70.3 Å². The normalized spacial score (nSPS) is 11.0. The molecule has 122 valence electrons. The Labute approximate surface area is 140 Å². The van der Waals surface area contributed by atoms with Gasteiger partial charge in [0.25, 0.3) is 0 Å². The molecule has 0 amide bonds.